The van der Waals surface area contributed by atoms with Crippen molar-refractivity contribution >= 4 is 0 Å². The lowest BCUT2D eigenvalue weighted by Gasteiger charge is -2.10. The molecule has 0 saturated heterocycles. The number of rotatable bonds is 6. The van der Waals surface area contributed by atoms with Gasteiger partial charge in [-0.25, -0.2) is 0 Å². The molecule has 84 valence electrons. The fraction of sp³-hybridized carbons (Fsp3) is 0.500. The topological polar surface area (TPSA) is 49.8 Å². The van der Waals surface area contributed by atoms with Gasteiger partial charge in [0.15, 0.2) is 12.5 Å². The second-order valence-corrected chi connectivity index (χ2v) is 2.62. The van der Waals surface area contributed by atoms with Crippen LogP contribution in [0.25, 0.3) is 0 Å². The van der Waals surface area contributed by atoms with E-state index in [1.807, 2.05) is 6.92 Å². The number of nitrogens with zero attached hydrogens (tertiary/aromatic N) is 1. The van der Waals surface area contributed by atoms with Gasteiger partial charge in [0, 0.05) is 12.7 Å². The molecule has 0 bridgehead atoms. The Labute approximate surface area is 88.9 Å². The molecule has 0 N–H and O–H groups in total. The van der Waals surface area contributed by atoms with Crippen LogP contribution in [0.15, 0.2) is 12.1 Å². The van der Waals surface area contributed by atoms with Crippen molar-refractivity contribution in [2.24, 2.45) is 0 Å². The van der Waals surface area contributed by atoms with Crippen LogP contribution >= 0.6 is 0 Å². The summed E-state index contributed by atoms with van der Waals surface area (Å²) in [4.78, 5) is 4.06. The van der Waals surface area contributed by atoms with E-state index < -0.39 is 0 Å². The monoisotopic (exact) mass is 213 g/mol. The molecule has 1 rings (SSSR count). The van der Waals surface area contributed by atoms with E-state index in [9.17, 15) is 0 Å². The third-order valence-electron chi connectivity index (χ3n) is 1.70. The minimum absolute atomic E-state index is 0.181. The van der Waals surface area contributed by atoms with Gasteiger partial charge in [0.05, 0.1) is 14.2 Å². The van der Waals surface area contributed by atoms with Crippen LogP contribution in [0, 0.1) is 0 Å². The lowest BCUT2D eigenvalue weighted by atomic mass is 10.4. The van der Waals surface area contributed by atoms with Crippen molar-refractivity contribution in [3.05, 3.63) is 12.1 Å². The molecule has 0 aliphatic rings. The first-order chi connectivity index (χ1) is 7.31. The molecule has 1 aromatic rings. The van der Waals surface area contributed by atoms with E-state index in [-0.39, 0.29) is 6.79 Å². The zero-order valence-electron chi connectivity index (χ0n) is 9.15. The number of ether oxygens (including phenoxy) is 4. The van der Waals surface area contributed by atoms with Crippen molar-refractivity contribution in [2.75, 3.05) is 27.6 Å². The fourth-order valence-corrected chi connectivity index (χ4v) is 0.969. The van der Waals surface area contributed by atoms with Crippen molar-refractivity contribution < 1.29 is 18.9 Å². The van der Waals surface area contributed by atoms with Crippen LogP contribution in [0.3, 0.4) is 0 Å². The summed E-state index contributed by atoms with van der Waals surface area (Å²) < 4.78 is 20.4. The standard InChI is InChI=1S/C10H15NO4/c1-4-14-7-15-8-5-6-9(12-2)11-10(8)13-3/h5-6H,4,7H2,1-3H3. The minimum atomic E-state index is 0.181. The van der Waals surface area contributed by atoms with Crippen LogP contribution in [0.1, 0.15) is 6.92 Å². The zero-order valence-corrected chi connectivity index (χ0v) is 9.15. The van der Waals surface area contributed by atoms with E-state index in [2.05, 4.69) is 4.98 Å². The van der Waals surface area contributed by atoms with E-state index >= 15 is 0 Å². The molecule has 0 unspecified atom stereocenters. The quantitative estimate of drug-likeness (QED) is 0.529. The van der Waals surface area contributed by atoms with Crippen LogP contribution in [-0.2, 0) is 4.74 Å². The van der Waals surface area contributed by atoms with Gasteiger partial charge in [-0.15, -0.1) is 0 Å². The van der Waals surface area contributed by atoms with E-state index in [0.717, 1.165) is 0 Å². The van der Waals surface area contributed by atoms with Gasteiger partial charge >= 0.3 is 0 Å². The third-order valence-corrected chi connectivity index (χ3v) is 1.70. The van der Waals surface area contributed by atoms with Crippen LogP contribution < -0.4 is 14.2 Å². The average molecular weight is 213 g/mol. The molecule has 0 fully saturated rings. The second kappa shape index (κ2) is 6.08. The summed E-state index contributed by atoms with van der Waals surface area (Å²) in [6.45, 7) is 2.68. The van der Waals surface area contributed by atoms with Crippen molar-refractivity contribution in [1.29, 1.82) is 0 Å². The number of hydrogen-bond acceptors (Lipinski definition) is 5. The average Bonchev–Trinajstić information content (AvgIpc) is 2.29. The molecular weight excluding hydrogens is 198 g/mol. The maximum atomic E-state index is 5.30. The number of hydrogen-bond donors (Lipinski definition) is 0. The first kappa shape index (κ1) is 11.6. The molecule has 1 aromatic heterocycles. The first-order valence-electron chi connectivity index (χ1n) is 4.61. The Morgan fingerprint density at radius 1 is 1.20 bits per heavy atom. The lowest BCUT2D eigenvalue weighted by molar-refractivity contribution is 0.0204. The summed E-state index contributed by atoms with van der Waals surface area (Å²) in [5, 5.41) is 0. The van der Waals surface area contributed by atoms with Crippen molar-refractivity contribution in [2.45, 2.75) is 6.92 Å². The highest BCUT2D eigenvalue weighted by Gasteiger charge is 2.07. The maximum absolute atomic E-state index is 5.30. The van der Waals surface area contributed by atoms with Gasteiger partial charge in [-0.05, 0) is 13.0 Å². The number of pyridine rings is 1. The number of aromatic nitrogens is 1. The summed E-state index contributed by atoms with van der Waals surface area (Å²) in [5.41, 5.74) is 0. The summed E-state index contributed by atoms with van der Waals surface area (Å²) >= 11 is 0. The molecule has 1 heterocycles. The molecule has 0 spiro atoms. The molecule has 0 atom stereocenters. The minimum Gasteiger partial charge on any atom is -0.481 e. The molecule has 5 heteroatoms. The zero-order chi connectivity index (χ0) is 11.1. The summed E-state index contributed by atoms with van der Waals surface area (Å²) in [6, 6.07) is 3.42. The predicted molar refractivity (Wildman–Crippen MR) is 54.5 cm³/mol. The Bertz CT molecular complexity index is 303. The maximum Gasteiger partial charge on any atom is 0.260 e. The highest BCUT2D eigenvalue weighted by molar-refractivity contribution is 5.36. The van der Waals surface area contributed by atoms with E-state index in [0.29, 0.717) is 24.1 Å². The van der Waals surface area contributed by atoms with Crippen molar-refractivity contribution in [1.82, 2.24) is 4.98 Å². The van der Waals surface area contributed by atoms with Crippen molar-refractivity contribution in [3.8, 4) is 17.5 Å². The molecule has 15 heavy (non-hydrogen) atoms. The van der Waals surface area contributed by atoms with Gasteiger partial charge in [-0.3, -0.25) is 0 Å². The lowest BCUT2D eigenvalue weighted by Crippen LogP contribution is -2.04. The van der Waals surface area contributed by atoms with Gasteiger partial charge in [0.2, 0.25) is 5.88 Å². The Balaban J connectivity index is 2.69. The Hall–Kier alpha value is -1.49. The van der Waals surface area contributed by atoms with Gasteiger partial charge in [0.25, 0.3) is 5.88 Å². The summed E-state index contributed by atoms with van der Waals surface area (Å²) in [7, 11) is 3.07. The smallest absolute Gasteiger partial charge is 0.260 e. The molecule has 0 aromatic carbocycles. The third kappa shape index (κ3) is 3.28. The Kier molecular flexibility index (Phi) is 4.70. The van der Waals surface area contributed by atoms with Crippen LogP contribution in [0.2, 0.25) is 0 Å². The molecule has 0 aliphatic carbocycles. The van der Waals surface area contributed by atoms with Crippen LogP contribution in [-0.4, -0.2) is 32.6 Å². The van der Waals surface area contributed by atoms with Gasteiger partial charge < -0.3 is 18.9 Å². The molecule has 0 saturated carbocycles. The van der Waals surface area contributed by atoms with Crippen molar-refractivity contribution in [3.63, 3.8) is 0 Å². The molecule has 0 amide bonds. The normalized spacial score (nSPS) is 9.80. The van der Waals surface area contributed by atoms with Gasteiger partial charge in [0.1, 0.15) is 0 Å². The predicted octanol–water partition coefficient (Wildman–Crippen LogP) is 1.47. The van der Waals surface area contributed by atoms with E-state index in [1.165, 1.54) is 7.11 Å². The van der Waals surface area contributed by atoms with Gasteiger partial charge in [-0.2, -0.15) is 4.98 Å². The highest BCUT2D eigenvalue weighted by Crippen LogP contribution is 2.26. The SMILES string of the molecule is CCOCOc1ccc(OC)nc1OC. The highest BCUT2D eigenvalue weighted by atomic mass is 16.7. The van der Waals surface area contributed by atoms with Crippen LogP contribution in [0.5, 0.6) is 17.5 Å². The Morgan fingerprint density at radius 3 is 2.60 bits per heavy atom. The summed E-state index contributed by atoms with van der Waals surface area (Å²) in [6.07, 6.45) is 0. The molecular formula is C10H15NO4. The fourth-order valence-electron chi connectivity index (χ4n) is 0.969. The summed E-state index contributed by atoms with van der Waals surface area (Å²) in [5.74, 6) is 1.40. The Morgan fingerprint density at radius 2 is 2.00 bits per heavy atom. The largest absolute Gasteiger partial charge is 0.481 e. The second-order valence-electron chi connectivity index (χ2n) is 2.62. The first-order valence-corrected chi connectivity index (χ1v) is 4.61. The van der Waals surface area contributed by atoms with Gasteiger partial charge in [-0.1, -0.05) is 0 Å². The van der Waals surface area contributed by atoms with Crippen LogP contribution in [0.4, 0.5) is 0 Å². The number of methoxy groups -OCH3 is 2. The molecule has 5 nitrogen and oxygen atoms in total. The van der Waals surface area contributed by atoms with E-state index in [4.69, 9.17) is 18.9 Å². The van der Waals surface area contributed by atoms with E-state index in [1.54, 1.807) is 19.2 Å². The molecule has 0 aliphatic heterocycles. The molecule has 0 radical (unpaired) electrons.